The van der Waals surface area contributed by atoms with Crippen LogP contribution in [-0.4, -0.2) is 13.2 Å². The first kappa shape index (κ1) is 16.3. The molecule has 2 saturated carbocycles. The minimum atomic E-state index is 0.867. The highest BCUT2D eigenvalue weighted by Gasteiger charge is 2.24. The van der Waals surface area contributed by atoms with Crippen molar-refractivity contribution in [2.45, 2.75) is 84.5 Å². The maximum Gasteiger partial charge on any atom is 0.0494 e. The van der Waals surface area contributed by atoms with Gasteiger partial charge in [0, 0.05) is 13.2 Å². The molecule has 0 aromatic heterocycles. The lowest BCUT2D eigenvalue weighted by Crippen LogP contribution is -2.20. The maximum atomic E-state index is 5.58. The zero-order valence-corrected chi connectivity index (χ0v) is 13.9. The van der Waals surface area contributed by atoms with Gasteiger partial charge < -0.3 is 4.74 Å². The molecule has 0 aliphatic heterocycles. The summed E-state index contributed by atoms with van der Waals surface area (Å²) in [5, 5.41) is 0. The summed E-state index contributed by atoms with van der Waals surface area (Å²) in [4.78, 5) is 0. The first-order valence-corrected chi connectivity index (χ1v) is 9.39. The van der Waals surface area contributed by atoms with E-state index in [4.69, 9.17) is 4.74 Å². The van der Waals surface area contributed by atoms with E-state index in [2.05, 4.69) is 13.8 Å². The van der Waals surface area contributed by atoms with Crippen molar-refractivity contribution in [3.63, 3.8) is 0 Å². The second kappa shape index (κ2) is 9.07. The van der Waals surface area contributed by atoms with Gasteiger partial charge in [-0.05, 0) is 43.4 Å². The van der Waals surface area contributed by atoms with E-state index < -0.39 is 0 Å². The van der Waals surface area contributed by atoms with Crippen molar-refractivity contribution in [3.8, 4) is 0 Å². The molecule has 0 radical (unpaired) electrons. The van der Waals surface area contributed by atoms with Crippen molar-refractivity contribution in [1.82, 2.24) is 0 Å². The fourth-order valence-corrected chi connectivity index (χ4v) is 4.37. The van der Waals surface area contributed by atoms with Crippen LogP contribution < -0.4 is 0 Å². The molecule has 2 aliphatic rings. The van der Waals surface area contributed by atoms with Crippen molar-refractivity contribution in [1.29, 1.82) is 0 Å². The summed E-state index contributed by atoms with van der Waals surface area (Å²) in [5.74, 6) is 4.03. The van der Waals surface area contributed by atoms with Gasteiger partial charge in [-0.15, -0.1) is 0 Å². The van der Waals surface area contributed by atoms with Gasteiger partial charge >= 0.3 is 0 Å². The molecule has 20 heavy (non-hydrogen) atoms. The van der Waals surface area contributed by atoms with Gasteiger partial charge in [0.15, 0.2) is 0 Å². The first-order valence-electron chi connectivity index (χ1n) is 9.39. The Hall–Kier alpha value is -0.0400. The number of hydrogen-bond acceptors (Lipinski definition) is 1. The van der Waals surface area contributed by atoms with Gasteiger partial charge in [-0.1, -0.05) is 64.7 Å². The predicted molar refractivity (Wildman–Crippen MR) is 86.9 cm³/mol. The summed E-state index contributed by atoms with van der Waals surface area (Å²) >= 11 is 0. The summed E-state index contributed by atoms with van der Waals surface area (Å²) < 4.78 is 5.58. The van der Waals surface area contributed by atoms with Gasteiger partial charge in [0.2, 0.25) is 0 Å². The molecule has 2 fully saturated rings. The number of ether oxygens (including phenoxy) is 1. The molecule has 0 amide bonds. The molecule has 0 bridgehead atoms. The molecule has 2 aliphatic carbocycles. The lowest BCUT2D eigenvalue weighted by Gasteiger charge is -2.31. The van der Waals surface area contributed by atoms with E-state index in [0.717, 1.165) is 36.9 Å². The normalized spacial score (nSPS) is 35.1. The summed E-state index contributed by atoms with van der Waals surface area (Å²) in [6.07, 6.45) is 16.3. The van der Waals surface area contributed by atoms with Crippen LogP contribution in [0.1, 0.15) is 84.5 Å². The second-order valence-electron chi connectivity index (χ2n) is 7.42. The molecule has 118 valence electrons. The SMILES string of the molecule is CCOC[C@H]1CC[C@H](CC[C@H]2CC[C@H](CC)CC2)CC1. The molecule has 1 nitrogen and oxygen atoms in total. The zero-order chi connectivity index (χ0) is 14.2. The van der Waals surface area contributed by atoms with Crippen LogP contribution in [0.2, 0.25) is 0 Å². The van der Waals surface area contributed by atoms with Crippen molar-refractivity contribution < 1.29 is 4.74 Å². The molecule has 0 aromatic rings. The average molecular weight is 280 g/mol. The Morgan fingerprint density at radius 1 is 0.650 bits per heavy atom. The van der Waals surface area contributed by atoms with Crippen LogP contribution in [0.4, 0.5) is 0 Å². The molecular formula is C19H36O. The Labute approximate surface area is 126 Å². The van der Waals surface area contributed by atoms with E-state index in [0.29, 0.717) is 0 Å². The number of hydrogen-bond donors (Lipinski definition) is 0. The monoisotopic (exact) mass is 280 g/mol. The van der Waals surface area contributed by atoms with Gasteiger partial charge in [0.05, 0.1) is 0 Å². The Balaban J connectivity index is 1.55. The topological polar surface area (TPSA) is 9.23 Å². The van der Waals surface area contributed by atoms with Crippen LogP contribution >= 0.6 is 0 Å². The fraction of sp³-hybridized carbons (Fsp3) is 1.00. The zero-order valence-electron chi connectivity index (χ0n) is 13.9. The van der Waals surface area contributed by atoms with Crippen LogP contribution in [0.3, 0.4) is 0 Å². The molecule has 0 heterocycles. The van der Waals surface area contributed by atoms with E-state index in [1.54, 1.807) is 0 Å². The fourth-order valence-electron chi connectivity index (χ4n) is 4.37. The van der Waals surface area contributed by atoms with Crippen molar-refractivity contribution in [2.24, 2.45) is 23.7 Å². The highest BCUT2D eigenvalue weighted by Crippen LogP contribution is 2.37. The molecule has 0 atom stereocenters. The van der Waals surface area contributed by atoms with E-state index in [9.17, 15) is 0 Å². The molecule has 0 unspecified atom stereocenters. The van der Waals surface area contributed by atoms with Crippen LogP contribution in [0, 0.1) is 23.7 Å². The van der Waals surface area contributed by atoms with Gasteiger partial charge in [-0.2, -0.15) is 0 Å². The smallest absolute Gasteiger partial charge is 0.0494 e. The summed E-state index contributed by atoms with van der Waals surface area (Å²) in [5.41, 5.74) is 0. The largest absolute Gasteiger partial charge is 0.381 e. The molecule has 2 rings (SSSR count). The van der Waals surface area contributed by atoms with Crippen LogP contribution in [0.5, 0.6) is 0 Å². The van der Waals surface area contributed by atoms with Gasteiger partial charge in [-0.3, -0.25) is 0 Å². The first-order chi connectivity index (χ1) is 9.81. The summed E-state index contributed by atoms with van der Waals surface area (Å²) in [7, 11) is 0. The Bertz CT molecular complexity index is 234. The van der Waals surface area contributed by atoms with E-state index in [1.807, 2.05) is 0 Å². The average Bonchev–Trinajstić information content (AvgIpc) is 2.52. The number of rotatable bonds is 7. The third-order valence-corrected chi connectivity index (χ3v) is 6.05. The van der Waals surface area contributed by atoms with E-state index >= 15 is 0 Å². The molecule has 0 N–H and O–H groups in total. The molecule has 1 heteroatoms. The third-order valence-electron chi connectivity index (χ3n) is 6.05. The Morgan fingerprint density at radius 2 is 1.10 bits per heavy atom. The third kappa shape index (κ3) is 5.39. The van der Waals surface area contributed by atoms with Crippen LogP contribution in [-0.2, 0) is 4.74 Å². The minimum absolute atomic E-state index is 0.867. The minimum Gasteiger partial charge on any atom is -0.381 e. The quantitative estimate of drug-likeness (QED) is 0.570. The maximum absolute atomic E-state index is 5.58. The van der Waals surface area contributed by atoms with Crippen LogP contribution in [0.25, 0.3) is 0 Å². The van der Waals surface area contributed by atoms with E-state index in [-0.39, 0.29) is 0 Å². The van der Waals surface area contributed by atoms with Crippen molar-refractivity contribution in [3.05, 3.63) is 0 Å². The Kier molecular flexibility index (Phi) is 7.41. The molecular weight excluding hydrogens is 244 g/mol. The summed E-state index contributed by atoms with van der Waals surface area (Å²) in [6, 6.07) is 0. The van der Waals surface area contributed by atoms with Gasteiger partial charge in [0.25, 0.3) is 0 Å². The predicted octanol–water partition coefficient (Wildman–Crippen LogP) is 5.83. The molecule has 0 spiro atoms. The highest BCUT2D eigenvalue weighted by atomic mass is 16.5. The Morgan fingerprint density at radius 3 is 1.55 bits per heavy atom. The standard InChI is InChI=1S/C19H36O/c1-3-16-5-7-17(8-6-16)9-10-18-11-13-19(14-12-18)15-20-4-2/h16-19H,3-15H2,1-2H3/t16-,17-,18-,19-. The highest BCUT2D eigenvalue weighted by molar-refractivity contribution is 4.76. The van der Waals surface area contributed by atoms with Crippen molar-refractivity contribution >= 4 is 0 Å². The van der Waals surface area contributed by atoms with Gasteiger partial charge in [0.1, 0.15) is 0 Å². The lowest BCUT2D eigenvalue weighted by atomic mass is 9.75. The molecule has 0 aromatic carbocycles. The lowest BCUT2D eigenvalue weighted by molar-refractivity contribution is 0.0843. The van der Waals surface area contributed by atoms with E-state index in [1.165, 1.54) is 70.6 Å². The van der Waals surface area contributed by atoms with Crippen molar-refractivity contribution in [2.75, 3.05) is 13.2 Å². The van der Waals surface area contributed by atoms with Gasteiger partial charge in [-0.25, -0.2) is 0 Å². The second-order valence-corrected chi connectivity index (χ2v) is 7.42. The van der Waals surface area contributed by atoms with Crippen LogP contribution in [0.15, 0.2) is 0 Å². The summed E-state index contributed by atoms with van der Waals surface area (Å²) in [6.45, 7) is 6.38. The molecule has 0 saturated heterocycles.